The van der Waals surface area contributed by atoms with Gasteiger partial charge in [0.15, 0.2) is 5.65 Å². The average Bonchev–Trinajstić information content (AvgIpc) is 3.01. The third-order valence-electron chi connectivity index (χ3n) is 3.34. The molecule has 1 aromatic carbocycles. The third kappa shape index (κ3) is 3.43. The number of halogens is 3. The Morgan fingerprint density at radius 2 is 2.08 bits per heavy atom. The molecule has 0 bridgehead atoms. The van der Waals surface area contributed by atoms with Crippen molar-refractivity contribution in [2.24, 2.45) is 0 Å². The topological polar surface area (TPSA) is 77.2 Å². The molecule has 2 aromatic heterocycles. The molecule has 10 heteroatoms. The molecule has 1 N–H and O–H groups in total. The van der Waals surface area contributed by atoms with Crippen molar-refractivity contribution in [1.82, 2.24) is 25.3 Å². The number of nitrogens with one attached hydrogen (secondary N) is 1. The summed E-state index contributed by atoms with van der Waals surface area (Å²) >= 11 is 0. The van der Waals surface area contributed by atoms with Crippen LogP contribution in [0.3, 0.4) is 0 Å². The molecule has 0 aliphatic rings. The fourth-order valence-electron chi connectivity index (χ4n) is 2.22. The molecule has 24 heavy (non-hydrogen) atoms. The van der Waals surface area contributed by atoms with Crippen molar-refractivity contribution in [3.05, 3.63) is 47.5 Å². The summed E-state index contributed by atoms with van der Waals surface area (Å²) in [7, 11) is 1.47. The lowest BCUT2D eigenvalue weighted by Gasteiger charge is -2.20. The Hall–Kier alpha value is -2.75. The molecule has 3 aromatic rings. The molecule has 0 unspecified atom stereocenters. The maximum Gasteiger partial charge on any atom is 0.416 e. The largest absolute Gasteiger partial charge is 0.416 e. The van der Waals surface area contributed by atoms with Crippen LogP contribution in [0, 0.1) is 0 Å². The normalized spacial score (nSPS) is 13.2. The summed E-state index contributed by atoms with van der Waals surface area (Å²) < 4.78 is 45.0. The molecule has 0 amide bonds. The van der Waals surface area contributed by atoms with Gasteiger partial charge >= 0.3 is 6.18 Å². The molecule has 0 aliphatic carbocycles. The van der Waals surface area contributed by atoms with Crippen molar-refractivity contribution in [2.75, 3.05) is 19.0 Å². The van der Waals surface area contributed by atoms with Crippen LogP contribution < -0.4 is 5.32 Å². The highest BCUT2D eigenvalue weighted by Crippen LogP contribution is 2.31. The van der Waals surface area contributed by atoms with Gasteiger partial charge < -0.3 is 10.1 Å². The summed E-state index contributed by atoms with van der Waals surface area (Å²) in [6.45, 7) is 0.163. The summed E-state index contributed by atoms with van der Waals surface area (Å²) in [6, 6.07) is 7.85. The molecule has 0 aliphatic heterocycles. The van der Waals surface area contributed by atoms with Crippen LogP contribution in [0.1, 0.15) is 17.2 Å². The Bertz CT molecular complexity index is 834. The van der Waals surface area contributed by atoms with E-state index in [1.807, 2.05) is 0 Å². The number of anilines is 1. The number of benzene rings is 1. The van der Waals surface area contributed by atoms with E-state index >= 15 is 0 Å². The molecule has 0 saturated carbocycles. The van der Waals surface area contributed by atoms with Crippen LogP contribution in [0.2, 0.25) is 0 Å². The minimum absolute atomic E-state index is 0.163. The molecular formula is C14H13F3N6O. The number of alkyl halides is 3. The van der Waals surface area contributed by atoms with Gasteiger partial charge in [0.2, 0.25) is 0 Å². The van der Waals surface area contributed by atoms with Crippen molar-refractivity contribution < 1.29 is 17.9 Å². The van der Waals surface area contributed by atoms with Gasteiger partial charge in [-0.25, -0.2) is 0 Å². The number of rotatable bonds is 5. The standard InChI is InChI=1S/C14H13F3N6O/c1-24-8-11(9-3-2-4-10(7-9)14(15,16)17)18-12-5-6-13-19-21-22-23(13)20-12/h2-7,11H,8H2,1H3,(H,18,20)/t11-/m1/s1. The second kappa shape index (κ2) is 6.40. The second-order valence-corrected chi connectivity index (χ2v) is 5.02. The van der Waals surface area contributed by atoms with E-state index < -0.39 is 17.8 Å². The molecule has 2 heterocycles. The summed E-state index contributed by atoms with van der Waals surface area (Å²) in [5, 5.41) is 18.1. The van der Waals surface area contributed by atoms with Gasteiger partial charge in [-0.3, -0.25) is 0 Å². The molecule has 1 atom stereocenters. The average molecular weight is 338 g/mol. The molecule has 3 rings (SSSR count). The van der Waals surface area contributed by atoms with E-state index in [0.717, 1.165) is 12.1 Å². The predicted molar refractivity (Wildman–Crippen MR) is 78.3 cm³/mol. The van der Waals surface area contributed by atoms with Gasteiger partial charge in [0.05, 0.1) is 18.2 Å². The van der Waals surface area contributed by atoms with Gasteiger partial charge in [-0.2, -0.15) is 13.2 Å². The van der Waals surface area contributed by atoms with Crippen molar-refractivity contribution in [3.63, 3.8) is 0 Å². The number of methoxy groups -OCH3 is 1. The smallest absolute Gasteiger partial charge is 0.382 e. The highest BCUT2D eigenvalue weighted by atomic mass is 19.4. The number of hydrogen-bond acceptors (Lipinski definition) is 6. The quantitative estimate of drug-likeness (QED) is 0.769. The van der Waals surface area contributed by atoms with Crippen molar-refractivity contribution in [1.29, 1.82) is 0 Å². The second-order valence-electron chi connectivity index (χ2n) is 5.02. The first kappa shape index (κ1) is 16.1. The van der Waals surface area contributed by atoms with Gasteiger partial charge in [0.1, 0.15) is 5.82 Å². The molecule has 7 nitrogen and oxygen atoms in total. The zero-order chi connectivity index (χ0) is 17.2. The number of fused-ring (bicyclic) bond motifs is 1. The number of nitrogens with zero attached hydrogens (tertiary/aromatic N) is 5. The van der Waals surface area contributed by atoms with Crippen molar-refractivity contribution >= 4 is 11.5 Å². The van der Waals surface area contributed by atoms with E-state index in [4.69, 9.17) is 4.74 Å². The Balaban J connectivity index is 1.89. The van der Waals surface area contributed by atoms with Gasteiger partial charge in [-0.05, 0) is 40.3 Å². The number of tetrazole rings is 1. The Kier molecular flexibility index (Phi) is 4.30. The molecule has 0 fully saturated rings. The maximum atomic E-state index is 12.9. The van der Waals surface area contributed by atoms with E-state index in [-0.39, 0.29) is 6.61 Å². The van der Waals surface area contributed by atoms with Gasteiger partial charge in [0, 0.05) is 7.11 Å². The van der Waals surface area contributed by atoms with Crippen molar-refractivity contribution in [3.8, 4) is 0 Å². The lowest BCUT2D eigenvalue weighted by atomic mass is 10.0. The maximum absolute atomic E-state index is 12.9. The van der Waals surface area contributed by atoms with E-state index in [2.05, 4.69) is 25.9 Å². The third-order valence-corrected chi connectivity index (χ3v) is 3.34. The lowest BCUT2D eigenvalue weighted by molar-refractivity contribution is -0.137. The number of ether oxygens (including phenoxy) is 1. The van der Waals surface area contributed by atoms with E-state index in [9.17, 15) is 13.2 Å². The first-order valence-electron chi connectivity index (χ1n) is 6.95. The van der Waals surface area contributed by atoms with Gasteiger partial charge in [-0.15, -0.1) is 14.8 Å². The lowest BCUT2D eigenvalue weighted by Crippen LogP contribution is -2.18. The first-order valence-corrected chi connectivity index (χ1v) is 6.95. The SMILES string of the molecule is COC[C@@H](Nc1ccc2nnnn2n1)c1cccc(C(F)(F)F)c1. The van der Waals surface area contributed by atoms with Crippen LogP contribution in [0.25, 0.3) is 5.65 Å². The Labute approximate surface area is 134 Å². The monoisotopic (exact) mass is 338 g/mol. The zero-order valence-corrected chi connectivity index (χ0v) is 12.5. The van der Waals surface area contributed by atoms with Crippen LogP contribution in [0.5, 0.6) is 0 Å². The zero-order valence-electron chi connectivity index (χ0n) is 12.5. The molecule has 0 spiro atoms. The summed E-state index contributed by atoms with van der Waals surface area (Å²) in [5.74, 6) is 0.411. The van der Waals surface area contributed by atoms with Crippen LogP contribution >= 0.6 is 0 Å². The molecular weight excluding hydrogens is 325 g/mol. The summed E-state index contributed by atoms with van der Waals surface area (Å²) in [6.07, 6.45) is -4.41. The van der Waals surface area contributed by atoms with Gasteiger partial charge in [-0.1, -0.05) is 12.1 Å². The van der Waals surface area contributed by atoms with Gasteiger partial charge in [0.25, 0.3) is 0 Å². The van der Waals surface area contributed by atoms with Crippen LogP contribution in [0.15, 0.2) is 36.4 Å². The highest BCUT2D eigenvalue weighted by molar-refractivity contribution is 5.44. The minimum Gasteiger partial charge on any atom is -0.382 e. The highest BCUT2D eigenvalue weighted by Gasteiger charge is 2.31. The van der Waals surface area contributed by atoms with E-state index in [1.54, 1.807) is 18.2 Å². The van der Waals surface area contributed by atoms with E-state index in [0.29, 0.717) is 17.0 Å². The Morgan fingerprint density at radius 3 is 2.83 bits per heavy atom. The summed E-state index contributed by atoms with van der Waals surface area (Å²) in [4.78, 5) is 0. The molecule has 0 radical (unpaired) electrons. The van der Waals surface area contributed by atoms with Crippen LogP contribution in [-0.4, -0.2) is 39.0 Å². The Morgan fingerprint density at radius 1 is 1.25 bits per heavy atom. The van der Waals surface area contributed by atoms with Crippen LogP contribution in [0.4, 0.5) is 19.0 Å². The fraction of sp³-hybridized carbons (Fsp3) is 0.286. The molecule has 126 valence electrons. The number of aromatic nitrogens is 5. The minimum atomic E-state index is -4.41. The van der Waals surface area contributed by atoms with Crippen LogP contribution in [-0.2, 0) is 10.9 Å². The van der Waals surface area contributed by atoms with Crippen molar-refractivity contribution in [2.45, 2.75) is 12.2 Å². The summed E-state index contributed by atoms with van der Waals surface area (Å²) in [5.41, 5.74) is 0.181. The van der Waals surface area contributed by atoms with E-state index in [1.165, 1.54) is 17.8 Å². The molecule has 0 saturated heterocycles. The fourth-order valence-corrected chi connectivity index (χ4v) is 2.22. The first-order chi connectivity index (χ1) is 11.5. The number of hydrogen-bond donors (Lipinski definition) is 1. The predicted octanol–water partition coefficient (Wildman–Crippen LogP) is 2.34.